The van der Waals surface area contributed by atoms with Crippen molar-refractivity contribution in [3.63, 3.8) is 0 Å². The van der Waals surface area contributed by atoms with Crippen molar-refractivity contribution in [3.8, 4) is 0 Å². The van der Waals surface area contributed by atoms with Crippen LogP contribution in [0, 0.1) is 0 Å². The monoisotopic (exact) mass is 562 g/mol. The van der Waals surface area contributed by atoms with Gasteiger partial charge in [-0.1, -0.05) is 30.0 Å². The molecule has 0 radical (unpaired) electrons. The molecule has 0 saturated heterocycles. The van der Waals surface area contributed by atoms with E-state index in [1.165, 1.54) is 11.8 Å². The van der Waals surface area contributed by atoms with Crippen molar-refractivity contribution in [1.82, 2.24) is 20.1 Å². The van der Waals surface area contributed by atoms with Crippen LogP contribution in [0.5, 0.6) is 0 Å². The summed E-state index contributed by atoms with van der Waals surface area (Å²) in [6.45, 7) is 0.285. The van der Waals surface area contributed by atoms with Gasteiger partial charge in [-0.25, -0.2) is 9.48 Å². The topological polar surface area (TPSA) is 125 Å². The standard InChI is InChI=1S/C29H30N4O6S/c1-30-29(36)24-7-2-3-8-27(24)40-22-10-11-23-25(12-9-21-6-4-5-13-31-21)32-33(26(23)18-22)20-39-28(35)19-38-17-16-37-15-14-34/h2-13,18,34H,14-17,19-20H2,1H3,(H,30,36)/b12-9+. The second-order valence-corrected chi connectivity index (χ2v) is 9.48. The molecule has 4 aromatic rings. The molecule has 0 aliphatic carbocycles. The number of nitrogens with zero attached hydrogens (tertiary/aromatic N) is 3. The lowest BCUT2D eigenvalue weighted by Gasteiger charge is -2.09. The number of carbonyl (C=O) groups is 2. The molecular formula is C29H30N4O6S. The third kappa shape index (κ3) is 7.99. The molecule has 0 saturated carbocycles. The first-order valence-electron chi connectivity index (χ1n) is 12.6. The van der Waals surface area contributed by atoms with E-state index in [4.69, 9.17) is 19.3 Å². The molecule has 0 atom stereocenters. The average Bonchev–Trinajstić information content (AvgIpc) is 3.34. The normalized spacial score (nSPS) is 11.2. The second-order valence-electron chi connectivity index (χ2n) is 8.36. The maximum Gasteiger partial charge on any atom is 0.333 e. The number of rotatable bonds is 14. The number of nitrogens with one attached hydrogen (secondary N) is 1. The van der Waals surface area contributed by atoms with Crippen LogP contribution in [0.4, 0.5) is 0 Å². The Balaban J connectivity index is 1.55. The Bertz CT molecular complexity index is 1460. The average molecular weight is 563 g/mol. The molecule has 0 aliphatic rings. The Morgan fingerprint density at radius 2 is 1.85 bits per heavy atom. The number of ether oxygens (including phenoxy) is 3. The van der Waals surface area contributed by atoms with Gasteiger partial charge in [0.05, 0.1) is 48.9 Å². The molecule has 2 aromatic heterocycles. The Labute approximate surface area is 236 Å². The van der Waals surface area contributed by atoms with Crippen LogP contribution in [-0.4, -0.2) is 71.8 Å². The zero-order chi connectivity index (χ0) is 28.2. The van der Waals surface area contributed by atoms with Crippen LogP contribution >= 0.6 is 11.8 Å². The highest BCUT2D eigenvalue weighted by Gasteiger charge is 2.15. The second kappa shape index (κ2) is 14.9. The third-order valence-corrected chi connectivity index (χ3v) is 6.68. The van der Waals surface area contributed by atoms with Gasteiger partial charge in [-0.2, -0.15) is 5.10 Å². The highest BCUT2D eigenvalue weighted by molar-refractivity contribution is 7.99. The maximum atomic E-state index is 12.3. The van der Waals surface area contributed by atoms with E-state index in [0.29, 0.717) is 11.3 Å². The number of carbonyl (C=O) groups excluding carboxylic acids is 2. The summed E-state index contributed by atoms with van der Waals surface area (Å²) < 4.78 is 17.4. The van der Waals surface area contributed by atoms with Gasteiger partial charge in [0.15, 0.2) is 6.73 Å². The summed E-state index contributed by atoms with van der Waals surface area (Å²) in [6, 6.07) is 18.9. The summed E-state index contributed by atoms with van der Waals surface area (Å²) in [5.41, 5.74) is 2.82. The van der Waals surface area contributed by atoms with Gasteiger partial charge >= 0.3 is 5.97 Å². The predicted molar refractivity (Wildman–Crippen MR) is 152 cm³/mol. The number of esters is 1. The number of pyridine rings is 1. The Morgan fingerprint density at radius 3 is 2.65 bits per heavy atom. The van der Waals surface area contributed by atoms with Crippen LogP contribution < -0.4 is 5.32 Å². The lowest BCUT2D eigenvalue weighted by atomic mass is 10.2. The molecular weight excluding hydrogens is 532 g/mol. The van der Waals surface area contributed by atoms with Gasteiger partial charge in [-0.3, -0.25) is 9.78 Å². The zero-order valence-corrected chi connectivity index (χ0v) is 22.8. The fraction of sp³-hybridized carbons (Fsp3) is 0.241. The maximum absolute atomic E-state index is 12.3. The molecule has 208 valence electrons. The molecule has 0 unspecified atom stereocenters. The zero-order valence-electron chi connectivity index (χ0n) is 22.0. The van der Waals surface area contributed by atoms with Crippen LogP contribution in [0.3, 0.4) is 0 Å². The number of aliphatic hydroxyl groups is 1. The number of hydrogen-bond donors (Lipinski definition) is 2. The number of aliphatic hydroxyl groups excluding tert-OH is 1. The molecule has 4 rings (SSSR count). The summed E-state index contributed by atoms with van der Waals surface area (Å²) in [4.78, 5) is 30.6. The summed E-state index contributed by atoms with van der Waals surface area (Å²) in [6.07, 6.45) is 5.45. The van der Waals surface area contributed by atoms with E-state index in [2.05, 4.69) is 15.4 Å². The van der Waals surface area contributed by atoms with Crippen LogP contribution in [0.15, 0.2) is 76.7 Å². The Morgan fingerprint density at radius 1 is 1.02 bits per heavy atom. The number of aromatic nitrogens is 3. The SMILES string of the molecule is CNC(=O)c1ccccc1Sc1ccc2c(/C=C/c3ccccn3)nn(COC(=O)COCCOCCO)c2c1. The van der Waals surface area contributed by atoms with Crippen LogP contribution in [0.25, 0.3) is 23.1 Å². The minimum absolute atomic E-state index is 0.0697. The first-order valence-corrected chi connectivity index (χ1v) is 13.4. The molecule has 0 aliphatic heterocycles. The summed E-state index contributed by atoms with van der Waals surface area (Å²) in [5, 5.41) is 16.9. The van der Waals surface area contributed by atoms with Gasteiger partial charge in [0.25, 0.3) is 5.91 Å². The molecule has 1 amide bonds. The molecule has 2 N–H and O–H groups in total. The van der Waals surface area contributed by atoms with Crippen molar-refractivity contribution in [2.45, 2.75) is 16.5 Å². The molecule has 0 fully saturated rings. The van der Waals surface area contributed by atoms with Crippen molar-refractivity contribution in [1.29, 1.82) is 0 Å². The molecule has 0 bridgehead atoms. The summed E-state index contributed by atoms with van der Waals surface area (Å²) >= 11 is 1.46. The lowest BCUT2D eigenvalue weighted by Crippen LogP contribution is -2.18. The fourth-order valence-electron chi connectivity index (χ4n) is 3.72. The van der Waals surface area contributed by atoms with E-state index in [0.717, 1.165) is 26.4 Å². The Kier molecular flexibility index (Phi) is 10.8. The van der Waals surface area contributed by atoms with E-state index in [9.17, 15) is 9.59 Å². The molecule has 2 aromatic carbocycles. The van der Waals surface area contributed by atoms with Gasteiger partial charge in [0.2, 0.25) is 0 Å². The van der Waals surface area contributed by atoms with Crippen LogP contribution in [-0.2, 0) is 25.7 Å². The minimum atomic E-state index is -0.540. The predicted octanol–water partition coefficient (Wildman–Crippen LogP) is 3.64. The summed E-state index contributed by atoms with van der Waals surface area (Å²) in [7, 11) is 1.60. The Hall–Kier alpha value is -4.03. The molecule has 40 heavy (non-hydrogen) atoms. The highest BCUT2D eigenvalue weighted by Crippen LogP contribution is 2.33. The first kappa shape index (κ1) is 29.0. The number of hydrogen-bond acceptors (Lipinski definition) is 9. The number of amides is 1. The van der Waals surface area contributed by atoms with E-state index in [-0.39, 0.29) is 45.7 Å². The molecule has 2 heterocycles. The van der Waals surface area contributed by atoms with Crippen molar-refractivity contribution in [2.24, 2.45) is 0 Å². The number of fused-ring (bicyclic) bond motifs is 1. The van der Waals surface area contributed by atoms with Crippen LogP contribution in [0.1, 0.15) is 21.7 Å². The van der Waals surface area contributed by atoms with Crippen molar-refractivity contribution < 1.29 is 28.9 Å². The third-order valence-electron chi connectivity index (χ3n) is 5.61. The van der Waals surface area contributed by atoms with E-state index < -0.39 is 5.97 Å². The van der Waals surface area contributed by atoms with Gasteiger partial charge in [-0.15, -0.1) is 0 Å². The van der Waals surface area contributed by atoms with Crippen molar-refractivity contribution in [3.05, 3.63) is 83.8 Å². The van der Waals surface area contributed by atoms with Crippen molar-refractivity contribution >= 4 is 46.7 Å². The van der Waals surface area contributed by atoms with Crippen molar-refractivity contribution in [2.75, 3.05) is 40.1 Å². The van der Waals surface area contributed by atoms with E-state index in [1.807, 2.05) is 66.7 Å². The summed E-state index contributed by atoms with van der Waals surface area (Å²) in [5.74, 6) is -0.702. The molecule has 0 spiro atoms. The lowest BCUT2D eigenvalue weighted by molar-refractivity contribution is -0.153. The minimum Gasteiger partial charge on any atom is -0.441 e. The van der Waals surface area contributed by atoms with E-state index >= 15 is 0 Å². The van der Waals surface area contributed by atoms with Gasteiger partial charge in [-0.05, 0) is 54.6 Å². The van der Waals surface area contributed by atoms with E-state index in [1.54, 1.807) is 24.0 Å². The van der Waals surface area contributed by atoms with Gasteiger partial charge < -0.3 is 24.6 Å². The molecule has 10 nitrogen and oxygen atoms in total. The fourth-order valence-corrected chi connectivity index (χ4v) is 4.70. The quantitative estimate of drug-likeness (QED) is 0.175. The van der Waals surface area contributed by atoms with Crippen LogP contribution in [0.2, 0.25) is 0 Å². The highest BCUT2D eigenvalue weighted by atomic mass is 32.2. The van der Waals surface area contributed by atoms with Gasteiger partial charge in [0.1, 0.15) is 6.61 Å². The number of benzene rings is 2. The smallest absolute Gasteiger partial charge is 0.333 e. The van der Waals surface area contributed by atoms with Gasteiger partial charge in [0, 0.05) is 28.4 Å². The first-order chi connectivity index (χ1) is 19.6. The largest absolute Gasteiger partial charge is 0.441 e. The molecule has 11 heteroatoms.